The Balaban J connectivity index is 2.36. The summed E-state index contributed by atoms with van der Waals surface area (Å²) in [7, 11) is 2.97. The second kappa shape index (κ2) is 4.31. The fraction of sp³-hybridized carbons (Fsp3) is 0.417. The molecule has 0 radical (unpaired) electrons. The molecule has 1 atom stereocenters. The Kier molecular flexibility index (Phi) is 3.00. The molecule has 0 aliphatic carbocycles. The summed E-state index contributed by atoms with van der Waals surface area (Å²) in [6.07, 6.45) is 0.149. The predicted octanol–water partition coefficient (Wildman–Crippen LogP) is 1.92. The topological polar surface area (TPSA) is 29.5 Å². The molecule has 17 heavy (non-hydrogen) atoms. The molecule has 0 aromatic heterocycles. The third-order valence-electron chi connectivity index (χ3n) is 3.04. The maximum Gasteiger partial charge on any atom is 0.223 e. The Bertz CT molecular complexity index is 439. The van der Waals surface area contributed by atoms with Gasteiger partial charge >= 0.3 is 0 Å². The molecule has 1 saturated heterocycles. The Hall–Kier alpha value is -1.65. The van der Waals surface area contributed by atoms with E-state index in [2.05, 4.69) is 0 Å². The zero-order valence-corrected chi connectivity index (χ0v) is 9.67. The lowest BCUT2D eigenvalue weighted by Crippen LogP contribution is -2.19. The minimum absolute atomic E-state index is 0.0245. The first-order valence-corrected chi connectivity index (χ1v) is 5.29. The third kappa shape index (κ3) is 2.09. The number of nitrogens with zero attached hydrogens (tertiary/aromatic N) is 1. The summed E-state index contributed by atoms with van der Waals surface area (Å²) in [6, 6.07) is 2.28. The Morgan fingerprint density at radius 2 is 1.94 bits per heavy atom. The van der Waals surface area contributed by atoms with Crippen LogP contribution in [0.5, 0.6) is 5.75 Å². The second-order valence-electron chi connectivity index (χ2n) is 4.18. The van der Waals surface area contributed by atoms with Gasteiger partial charge in [-0.2, -0.15) is 0 Å². The number of amides is 1. The van der Waals surface area contributed by atoms with Crippen LogP contribution in [0.25, 0.3) is 0 Å². The van der Waals surface area contributed by atoms with Crippen molar-refractivity contribution in [3.63, 3.8) is 0 Å². The van der Waals surface area contributed by atoms with E-state index in [4.69, 9.17) is 4.74 Å². The highest BCUT2D eigenvalue weighted by Gasteiger charge is 2.32. The molecule has 1 amide bonds. The molecule has 5 heteroatoms. The van der Waals surface area contributed by atoms with Gasteiger partial charge in [-0.15, -0.1) is 0 Å². The minimum Gasteiger partial charge on any atom is -0.497 e. The fourth-order valence-corrected chi connectivity index (χ4v) is 2.13. The zero-order valence-electron chi connectivity index (χ0n) is 9.67. The first kappa shape index (κ1) is 11.8. The molecule has 1 aliphatic rings. The number of benzene rings is 1. The van der Waals surface area contributed by atoms with E-state index in [9.17, 15) is 13.6 Å². The summed E-state index contributed by atoms with van der Waals surface area (Å²) in [5, 5.41) is 0. The van der Waals surface area contributed by atoms with Crippen LogP contribution in [0.15, 0.2) is 12.1 Å². The third-order valence-corrected chi connectivity index (χ3v) is 3.04. The quantitative estimate of drug-likeness (QED) is 0.791. The molecule has 0 spiro atoms. The number of rotatable bonds is 2. The van der Waals surface area contributed by atoms with Crippen molar-refractivity contribution in [2.45, 2.75) is 12.3 Å². The van der Waals surface area contributed by atoms with E-state index in [1.807, 2.05) is 0 Å². The Labute approximate surface area is 98.0 Å². The summed E-state index contributed by atoms with van der Waals surface area (Å²) in [6.45, 7) is 0.346. The van der Waals surface area contributed by atoms with Crippen LogP contribution in [0.3, 0.4) is 0 Å². The van der Waals surface area contributed by atoms with Crippen LogP contribution in [0, 0.1) is 11.6 Å². The van der Waals surface area contributed by atoms with Gasteiger partial charge in [0.2, 0.25) is 5.91 Å². The van der Waals surface area contributed by atoms with Crippen LogP contribution in [-0.2, 0) is 4.79 Å². The molecular weight excluding hydrogens is 228 g/mol. The summed E-state index contributed by atoms with van der Waals surface area (Å²) >= 11 is 0. The molecule has 1 aromatic carbocycles. The molecule has 0 bridgehead atoms. The smallest absolute Gasteiger partial charge is 0.223 e. The van der Waals surface area contributed by atoms with Crippen molar-refractivity contribution in [2.75, 3.05) is 20.7 Å². The van der Waals surface area contributed by atoms with Crippen LogP contribution in [0.4, 0.5) is 8.78 Å². The SMILES string of the molecule is COc1cc(F)c(C2CC(=O)N(C)C2)c(F)c1. The molecule has 92 valence electrons. The lowest BCUT2D eigenvalue weighted by molar-refractivity contribution is -0.126. The molecule has 1 aliphatic heterocycles. The number of methoxy groups -OCH3 is 1. The van der Waals surface area contributed by atoms with Crippen LogP contribution in [0.2, 0.25) is 0 Å². The largest absolute Gasteiger partial charge is 0.497 e. The van der Waals surface area contributed by atoms with Gasteiger partial charge in [0, 0.05) is 43.6 Å². The lowest BCUT2D eigenvalue weighted by Gasteiger charge is -2.13. The summed E-state index contributed by atoms with van der Waals surface area (Å²) in [5.74, 6) is -1.69. The van der Waals surface area contributed by atoms with Crippen molar-refractivity contribution in [2.24, 2.45) is 0 Å². The number of hydrogen-bond acceptors (Lipinski definition) is 2. The number of likely N-dealkylation sites (tertiary alicyclic amines) is 1. The second-order valence-corrected chi connectivity index (χ2v) is 4.18. The molecule has 0 saturated carbocycles. The van der Waals surface area contributed by atoms with Gasteiger partial charge in [-0.1, -0.05) is 0 Å². The summed E-state index contributed by atoms with van der Waals surface area (Å²) < 4.78 is 32.3. The highest BCUT2D eigenvalue weighted by atomic mass is 19.1. The number of carbonyl (C=O) groups is 1. The van der Waals surface area contributed by atoms with Gasteiger partial charge in [0.15, 0.2) is 0 Å². The standard InChI is InChI=1S/C12H13F2NO2/c1-15-6-7(3-11(15)16)12-9(13)4-8(17-2)5-10(12)14/h4-5,7H,3,6H2,1-2H3. The number of ether oxygens (including phenoxy) is 1. The first-order valence-electron chi connectivity index (χ1n) is 5.29. The number of halogens is 2. The van der Waals surface area contributed by atoms with Crippen molar-refractivity contribution in [1.82, 2.24) is 4.90 Å². The van der Waals surface area contributed by atoms with Crippen LogP contribution in [0.1, 0.15) is 17.9 Å². The van der Waals surface area contributed by atoms with Crippen molar-refractivity contribution in [3.8, 4) is 5.75 Å². The molecule has 1 fully saturated rings. The van der Waals surface area contributed by atoms with Gasteiger partial charge in [-0.05, 0) is 0 Å². The monoisotopic (exact) mass is 241 g/mol. The molecule has 2 rings (SSSR count). The fourth-order valence-electron chi connectivity index (χ4n) is 2.13. The van der Waals surface area contributed by atoms with Crippen molar-refractivity contribution >= 4 is 5.91 Å². The minimum atomic E-state index is -0.657. The van der Waals surface area contributed by atoms with Gasteiger partial charge in [0.1, 0.15) is 17.4 Å². The zero-order chi connectivity index (χ0) is 12.6. The molecule has 3 nitrogen and oxygen atoms in total. The number of likely N-dealkylation sites (N-methyl/N-ethyl adjacent to an activating group) is 1. The molecule has 0 N–H and O–H groups in total. The molecule has 1 aromatic rings. The van der Waals surface area contributed by atoms with Crippen molar-refractivity contribution < 1.29 is 18.3 Å². The predicted molar refractivity (Wildman–Crippen MR) is 57.9 cm³/mol. The molecule has 1 unspecified atom stereocenters. The lowest BCUT2D eigenvalue weighted by atomic mass is 9.97. The maximum atomic E-state index is 13.8. The van der Waals surface area contributed by atoms with Crippen LogP contribution < -0.4 is 4.74 Å². The summed E-state index contributed by atoms with van der Waals surface area (Å²) in [5.41, 5.74) is -0.0245. The average molecular weight is 241 g/mol. The van der Waals surface area contributed by atoms with Gasteiger partial charge < -0.3 is 9.64 Å². The number of hydrogen-bond donors (Lipinski definition) is 0. The first-order chi connectivity index (χ1) is 8.02. The highest BCUT2D eigenvalue weighted by molar-refractivity contribution is 5.79. The summed E-state index contributed by atoms with van der Waals surface area (Å²) in [4.78, 5) is 12.8. The van der Waals surface area contributed by atoms with Crippen molar-refractivity contribution in [3.05, 3.63) is 29.3 Å². The van der Waals surface area contributed by atoms with E-state index >= 15 is 0 Å². The van der Waals surface area contributed by atoms with Crippen LogP contribution in [-0.4, -0.2) is 31.5 Å². The van der Waals surface area contributed by atoms with E-state index in [0.29, 0.717) is 6.54 Å². The average Bonchev–Trinajstić information content (AvgIpc) is 2.57. The molecular formula is C12H13F2NO2. The maximum absolute atomic E-state index is 13.8. The van der Waals surface area contributed by atoms with E-state index in [1.54, 1.807) is 7.05 Å². The number of carbonyl (C=O) groups excluding carboxylic acids is 1. The highest BCUT2D eigenvalue weighted by Crippen LogP contribution is 2.33. The van der Waals surface area contributed by atoms with E-state index in [-0.39, 0.29) is 23.6 Å². The Morgan fingerprint density at radius 1 is 1.35 bits per heavy atom. The van der Waals surface area contributed by atoms with Crippen LogP contribution >= 0.6 is 0 Å². The van der Waals surface area contributed by atoms with Gasteiger partial charge in [0.05, 0.1) is 7.11 Å². The Morgan fingerprint density at radius 3 is 2.35 bits per heavy atom. The van der Waals surface area contributed by atoms with Gasteiger partial charge in [0.25, 0.3) is 0 Å². The molecule has 1 heterocycles. The van der Waals surface area contributed by atoms with Gasteiger partial charge in [-0.3, -0.25) is 4.79 Å². The van der Waals surface area contributed by atoms with E-state index < -0.39 is 17.6 Å². The van der Waals surface area contributed by atoms with Crippen molar-refractivity contribution in [1.29, 1.82) is 0 Å². The normalized spacial score (nSPS) is 19.9. The van der Waals surface area contributed by atoms with E-state index in [0.717, 1.165) is 12.1 Å². The van der Waals surface area contributed by atoms with E-state index in [1.165, 1.54) is 12.0 Å². The van der Waals surface area contributed by atoms with Gasteiger partial charge in [-0.25, -0.2) is 8.78 Å².